The number of nitrogens with one attached hydrogen (secondary N) is 1. The Labute approximate surface area is 119 Å². The van der Waals surface area contributed by atoms with E-state index >= 15 is 0 Å². The summed E-state index contributed by atoms with van der Waals surface area (Å²) >= 11 is 0. The van der Waals surface area contributed by atoms with E-state index in [1.165, 1.54) is 18.2 Å². The van der Waals surface area contributed by atoms with E-state index in [2.05, 4.69) is 10.2 Å². The average molecular weight is 278 g/mol. The van der Waals surface area contributed by atoms with Gasteiger partial charge in [-0.15, -0.1) is 0 Å². The lowest BCUT2D eigenvalue weighted by molar-refractivity contribution is 0.0894. The summed E-state index contributed by atoms with van der Waals surface area (Å²) in [6.07, 6.45) is 4.42. The molecule has 0 aromatic heterocycles. The van der Waals surface area contributed by atoms with Gasteiger partial charge in [0, 0.05) is 12.1 Å². The fourth-order valence-corrected chi connectivity index (χ4v) is 2.91. The summed E-state index contributed by atoms with van der Waals surface area (Å²) in [6.45, 7) is 0.520. The van der Waals surface area contributed by atoms with Crippen LogP contribution in [0.3, 0.4) is 0 Å². The van der Waals surface area contributed by atoms with E-state index in [9.17, 15) is 15.0 Å². The number of aromatic hydroxyl groups is 2. The monoisotopic (exact) mass is 278 g/mol. The van der Waals surface area contributed by atoms with Gasteiger partial charge in [0.05, 0.1) is 0 Å². The first kappa shape index (κ1) is 14.7. The van der Waals surface area contributed by atoms with Gasteiger partial charge >= 0.3 is 0 Å². The molecule has 5 heteroatoms. The SMILES string of the molecule is CN(C)C1(CNC(=O)c2c(O)cccc2O)CCCC1. The van der Waals surface area contributed by atoms with Crippen LogP contribution in [0.1, 0.15) is 36.0 Å². The van der Waals surface area contributed by atoms with Crippen LogP contribution in [-0.2, 0) is 0 Å². The van der Waals surface area contributed by atoms with Crippen molar-refractivity contribution in [3.8, 4) is 11.5 Å². The summed E-state index contributed by atoms with van der Waals surface area (Å²) in [5.41, 5.74) is -0.0743. The highest BCUT2D eigenvalue weighted by atomic mass is 16.3. The van der Waals surface area contributed by atoms with Gasteiger partial charge in [-0.05, 0) is 39.1 Å². The van der Waals surface area contributed by atoms with Crippen LogP contribution < -0.4 is 5.32 Å². The second-order valence-corrected chi connectivity index (χ2v) is 5.68. The van der Waals surface area contributed by atoms with Crippen molar-refractivity contribution in [1.29, 1.82) is 0 Å². The fourth-order valence-electron chi connectivity index (χ4n) is 2.91. The summed E-state index contributed by atoms with van der Waals surface area (Å²) in [7, 11) is 4.05. The lowest BCUT2D eigenvalue weighted by atomic mass is 9.96. The van der Waals surface area contributed by atoms with Crippen molar-refractivity contribution in [2.45, 2.75) is 31.2 Å². The van der Waals surface area contributed by atoms with Gasteiger partial charge in [-0.25, -0.2) is 0 Å². The number of nitrogens with zero attached hydrogens (tertiary/aromatic N) is 1. The van der Waals surface area contributed by atoms with Crippen molar-refractivity contribution in [3.05, 3.63) is 23.8 Å². The maximum atomic E-state index is 12.2. The van der Waals surface area contributed by atoms with Crippen LogP contribution in [0.25, 0.3) is 0 Å². The molecule has 1 aromatic rings. The Morgan fingerprint density at radius 3 is 2.30 bits per heavy atom. The molecule has 1 amide bonds. The largest absolute Gasteiger partial charge is 0.507 e. The molecule has 0 aliphatic heterocycles. The lowest BCUT2D eigenvalue weighted by Crippen LogP contribution is -2.50. The minimum absolute atomic E-state index is 0.0182. The van der Waals surface area contributed by atoms with Gasteiger partial charge in [0.25, 0.3) is 5.91 Å². The molecule has 0 radical (unpaired) electrons. The Morgan fingerprint density at radius 1 is 1.25 bits per heavy atom. The van der Waals surface area contributed by atoms with E-state index in [0.717, 1.165) is 25.7 Å². The molecule has 0 saturated heterocycles. The summed E-state index contributed by atoms with van der Waals surface area (Å²) in [4.78, 5) is 14.3. The van der Waals surface area contributed by atoms with Gasteiger partial charge in [-0.1, -0.05) is 18.9 Å². The van der Waals surface area contributed by atoms with Crippen molar-refractivity contribution < 1.29 is 15.0 Å². The van der Waals surface area contributed by atoms with E-state index in [1.807, 2.05) is 14.1 Å². The Balaban J connectivity index is 2.09. The van der Waals surface area contributed by atoms with Crippen molar-refractivity contribution in [3.63, 3.8) is 0 Å². The predicted molar refractivity (Wildman–Crippen MR) is 77.0 cm³/mol. The molecule has 5 nitrogen and oxygen atoms in total. The van der Waals surface area contributed by atoms with Crippen molar-refractivity contribution >= 4 is 5.91 Å². The molecule has 0 unspecified atom stereocenters. The topological polar surface area (TPSA) is 72.8 Å². The molecule has 1 saturated carbocycles. The second kappa shape index (κ2) is 5.71. The minimum atomic E-state index is -0.436. The van der Waals surface area contributed by atoms with Gasteiger partial charge in [0.1, 0.15) is 17.1 Å². The molecule has 1 aliphatic carbocycles. The molecule has 3 N–H and O–H groups in total. The number of rotatable bonds is 4. The van der Waals surface area contributed by atoms with Crippen LogP contribution in [0.4, 0.5) is 0 Å². The number of hydrogen-bond donors (Lipinski definition) is 3. The van der Waals surface area contributed by atoms with Crippen molar-refractivity contribution in [2.75, 3.05) is 20.6 Å². The Bertz CT molecular complexity index is 474. The van der Waals surface area contributed by atoms with Crippen LogP contribution in [0, 0.1) is 0 Å². The molecule has 0 heterocycles. The highest BCUT2D eigenvalue weighted by molar-refractivity contribution is 5.99. The van der Waals surface area contributed by atoms with Crippen LogP contribution in [-0.4, -0.2) is 47.2 Å². The Kier molecular flexibility index (Phi) is 4.18. The van der Waals surface area contributed by atoms with Gasteiger partial charge in [-0.2, -0.15) is 0 Å². The molecule has 0 atom stereocenters. The number of benzene rings is 1. The van der Waals surface area contributed by atoms with Gasteiger partial charge < -0.3 is 20.4 Å². The fraction of sp³-hybridized carbons (Fsp3) is 0.533. The molecule has 0 spiro atoms. The smallest absolute Gasteiger partial charge is 0.258 e. The highest BCUT2D eigenvalue weighted by Gasteiger charge is 2.36. The summed E-state index contributed by atoms with van der Waals surface area (Å²) in [6, 6.07) is 4.29. The van der Waals surface area contributed by atoms with Crippen LogP contribution in [0.2, 0.25) is 0 Å². The molecule has 2 rings (SSSR count). The van der Waals surface area contributed by atoms with Crippen LogP contribution >= 0.6 is 0 Å². The first-order valence-electron chi connectivity index (χ1n) is 6.93. The van der Waals surface area contributed by atoms with Crippen molar-refractivity contribution in [2.24, 2.45) is 0 Å². The number of carbonyl (C=O) groups excluding carboxylic acids is 1. The third-order valence-corrected chi connectivity index (χ3v) is 4.31. The maximum Gasteiger partial charge on any atom is 0.258 e. The summed E-state index contributed by atoms with van der Waals surface area (Å²) in [5, 5.41) is 22.2. The van der Waals surface area contributed by atoms with E-state index in [-0.39, 0.29) is 22.6 Å². The van der Waals surface area contributed by atoms with Crippen LogP contribution in [0.5, 0.6) is 11.5 Å². The van der Waals surface area contributed by atoms with Gasteiger partial charge in [-0.3, -0.25) is 4.79 Å². The number of carbonyl (C=O) groups is 1. The normalized spacial score (nSPS) is 17.4. The lowest BCUT2D eigenvalue weighted by Gasteiger charge is -2.36. The van der Waals surface area contributed by atoms with Gasteiger partial charge in [0.15, 0.2) is 0 Å². The molecule has 1 fully saturated rings. The molecule has 1 aliphatic rings. The zero-order chi connectivity index (χ0) is 14.8. The average Bonchev–Trinajstić information content (AvgIpc) is 2.86. The summed E-state index contributed by atoms with van der Waals surface area (Å²) < 4.78 is 0. The minimum Gasteiger partial charge on any atom is -0.507 e. The molecule has 0 bridgehead atoms. The number of likely N-dealkylation sites (N-methyl/N-ethyl adjacent to an activating group) is 1. The molecule has 20 heavy (non-hydrogen) atoms. The van der Waals surface area contributed by atoms with Gasteiger partial charge in [0.2, 0.25) is 0 Å². The molecule has 110 valence electrons. The standard InChI is InChI=1S/C15H22N2O3/c1-17(2)15(8-3-4-9-15)10-16-14(20)13-11(18)6-5-7-12(13)19/h5-7,18-19H,3-4,8-10H2,1-2H3,(H,16,20). The van der Waals surface area contributed by atoms with Crippen LogP contribution in [0.15, 0.2) is 18.2 Å². The highest BCUT2D eigenvalue weighted by Crippen LogP contribution is 2.33. The Hall–Kier alpha value is -1.75. The number of hydrogen-bond acceptors (Lipinski definition) is 4. The van der Waals surface area contributed by atoms with Crippen molar-refractivity contribution in [1.82, 2.24) is 10.2 Å². The number of amides is 1. The zero-order valence-corrected chi connectivity index (χ0v) is 12.0. The maximum absolute atomic E-state index is 12.2. The number of phenolic OH excluding ortho intramolecular Hbond substituents is 2. The first-order chi connectivity index (χ1) is 9.46. The quantitative estimate of drug-likeness (QED) is 0.784. The van der Waals surface area contributed by atoms with E-state index in [0.29, 0.717) is 6.54 Å². The molecular weight excluding hydrogens is 256 g/mol. The Morgan fingerprint density at radius 2 is 1.80 bits per heavy atom. The first-order valence-corrected chi connectivity index (χ1v) is 6.93. The third-order valence-electron chi connectivity index (χ3n) is 4.31. The van der Waals surface area contributed by atoms with E-state index in [1.54, 1.807) is 0 Å². The third kappa shape index (κ3) is 2.72. The number of phenols is 2. The van der Waals surface area contributed by atoms with E-state index < -0.39 is 5.91 Å². The zero-order valence-electron chi connectivity index (χ0n) is 12.0. The molecule has 1 aromatic carbocycles. The predicted octanol–water partition coefficient (Wildman–Crippen LogP) is 1.70. The second-order valence-electron chi connectivity index (χ2n) is 5.68. The summed E-state index contributed by atoms with van der Waals surface area (Å²) in [5.74, 6) is -0.839. The molecular formula is C15H22N2O3. The van der Waals surface area contributed by atoms with E-state index in [4.69, 9.17) is 0 Å².